The molecular weight excluding hydrogens is 204 g/mol. The summed E-state index contributed by atoms with van der Waals surface area (Å²) in [7, 11) is 0. The zero-order chi connectivity index (χ0) is 10.7. The number of carbonyl (C=O) groups is 2. The third-order valence-corrected chi connectivity index (χ3v) is 2.32. The molecule has 0 bridgehead atoms. The van der Waals surface area contributed by atoms with Crippen molar-refractivity contribution in [3.63, 3.8) is 0 Å². The van der Waals surface area contributed by atoms with Gasteiger partial charge in [-0.25, -0.2) is 9.78 Å². The lowest BCUT2D eigenvalue weighted by atomic mass is 10.2. The second-order valence-corrected chi connectivity index (χ2v) is 3.83. The van der Waals surface area contributed by atoms with E-state index < -0.39 is 12.0 Å². The number of carboxylic acids is 1. The van der Waals surface area contributed by atoms with Crippen molar-refractivity contribution >= 4 is 23.2 Å². The molecule has 0 aliphatic rings. The first kappa shape index (κ1) is 10.6. The van der Waals surface area contributed by atoms with Crippen molar-refractivity contribution in [2.24, 2.45) is 0 Å². The van der Waals surface area contributed by atoms with Crippen molar-refractivity contribution in [1.82, 2.24) is 10.3 Å². The minimum Gasteiger partial charge on any atom is -0.479 e. The zero-order valence-corrected chi connectivity index (χ0v) is 8.59. The molecule has 0 radical (unpaired) electrons. The molecule has 0 aromatic carbocycles. The molecule has 0 fully saturated rings. The molecule has 0 aliphatic carbocycles. The average Bonchev–Trinajstić information content (AvgIpc) is 2.46. The van der Waals surface area contributed by atoms with Crippen LogP contribution < -0.4 is 5.32 Å². The van der Waals surface area contributed by atoms with Gasteiger partial charge in [0.15, 0.2) is 6.04 Å². The fourth-order valence-corrected chi connectivity index (χ4v) is 1.62. The van der Waals surface area contributed by atoms with Gasteiger partial charge in [0, 0.05) is 12.3 Å². The molecule has 1 heterocycles. The van der Waals surface area contributed by atoms with E-state index in [2.05, 4.69) is 10.3 Å². The lowest BCUT2D eigenvalue weighted by Gasteiger charge is -2.09. The molecule has 1 unspecified atom stereocenters. The van der Waals surface area contributed by atoms with Gasteiger partial charge >= 0.3 is 5.97 Å². The van der Waals surface area contributed by atoms with Crippen LogP contribution in [0.5, 0.6) is 0 Å². The van der Waals surface area contributed by atoms with E-state index in [1.807, 2.05) is 0 Å². The molecule has 0 aliphatic heterocycles. The smallest absolute Gasteiger partial charge is 0.332 e. The minimum atomic E-state index is -1.11. The van der Waals surface area contributed by atoms with Gasteiger partial charge in [0.1, 0.15) is 0 Å². The number of carbonyl (C=O) groups excluding carboxylic acids is 1. The number of aryl methyl sites for hydroxylation is 1. The van der Waals surface area contributed by atoms with Crippen molar-refractivity contribution in [1.29, 1.82) is 0 Å². The van der Waals surface area contributed by atoms with Gasteiger partial charge in [-0.15, -0.1) is 11.3 Å². The molecule has 0 saturated heterocycles. The fraction of sp³-hybridized carbons (Fsp3) is 0.375. The summed E-state index contributed by atoms with van der Waals surface area (Å²) in [5.74, 6) is -1.49. The average molecular weight is 214 g/mol. The normalized spacial score (nSPS) is 12.1. The molecule has 14 heavy (non-hydrogen) atoms. The maximum Gasteiger partial charge on any atom is 0.332 e. The molecule has 0 spiro atoms. The number of amides is 1. The summed E-state index contributed by atoms with van der Waals surface area (Å²) in [6, 6.07) is -1.04. The molecule has 6 heteroatoms. The first-order chi connectivity index (χ1) is 6.50. The Labute approximate surface area is 84.8 Å². The second kappa shape index (κ2) is 4.19. The van der Waals surface area contributed by atoms with Crippen molar-refractivity contribution in [3.05, 3.63) is 16.1 Å². The lowest BCUT2D eigenvalue weighted by Crippen LogP contribution is -2.32. The number of rotatable bonds is 3. The number of hydrogen-bond donors (Lipinski definition) is 2. The van der Waals surface area contributed by atoms with Crippen LogP contribution >= 0.6 is 11.3 Å². The molecule has 0 saturated carbocycles. The standard InChI is InChI=1S/C8H10N2O3S/c1-4(11)9-7(8(12)13)6-3-14-5(2)10-6/h3,7H,1-2H3,(H,9,11)(H,12,13). The summed E-state index contributed by atoms with van der Waals surface area (Å²) in [5, 5.41) is 13.6. The Morgan fingerprint density at radius 3 is 2.64 bits per heavy atom. The Hall–Kier alpha value is -1.43. The van der Waals surface area contributed by atoms with Crippen LogP contribution in [0.25, 0.3) is 0 Å². The number of nitrogens with zero attached hydrogens (tertiary/aromatic N) is 1. The maximum absolute atomic E-state index is 10.8. The Morgan fingerprint density at radius 1 is 1.64 bits per heavy atom. The van der Waals surface area contributed by atoms with Crippen LogP contribution in [0.15, 0.2) is 5.38 Å². The Balaban J connectivity index is 2.88. The largest absolute Gasteiger partial charge is 0.479 e. The summed E-state index contributed by atoms with van der Waals surface area (Å²) in [6.07, 6.45) is 0. The zero-order valence-electron chi connectivity index (χ0n) is 7.77. The van der Waals surface area contributed by atoms with E-state index >= 15 is 0 Å². The van der Waals surface area contributed by atoms with Crippen molar-refractivity contribution < 1.29 is 14.7 Å². The van der Waals surface area contributed by atoms with Gasteiger partial charge in [0.05, 0.1) is 10.7 Å². The highest BCUT2D eigenvalue weighted by Crippen LogP contribution is 2.16. The highest BCUT2D eigenvalue weighted by Gasteiger charge is 2.22. The SMILES string of the molecule is CC(=O)NC(C(=O)O)c1csc(C)n1. The number of aliphatic carboxylic acids is 1. The van der Waals surface area contributed by atoms with Gasteiger partial charge in [-0.05, 0) is 6.92 Å². The monoisotopic (exact) mass is 214 g/mol. The summed E-state index contributed by atoms with van der Waals surface area (Å²) in [6.45, 7) is 3.05. The van der Waals surface area contributed by atoms with Gasteiger partial charge in [0.2, 0.25) is 5.91 Å². The molecule has 2 N–H and O–H groups in total. The van der Waals surface area contributed by atoms with Crippen LogP contribution in [0.2, 0.25) is 0 Å². The summed E-state index contributed by atoms with van der Waals surface area (Å²) in [5.41, 5.74) is 0.371. The predicted octanol–water partition coefficient (Wildman–Crippen LogP) is 0.713. The lowest BCUT2D eigenvalue weighted by molar-refractivity contribution is -0.141. The van der Waals surface area contributed by atoms with Gasteiger partial charge in [0.25, 0.3) is 0 Å². The molecule has 76 valence electrons. The maximum atomic E-state index is 10.8. The molecule has 1 rings (SSSR count). The second-order valence-electron chi connectivity index (χ2n) is 2.76. The van der Waals surface area contributed by atoms with Crippen molar-refractivity contribution in [2.75, 3.05) is 0 Å². The number of hydrogen-bond acceptors (Lipinski definition) is 4. The van der Waals surface area contributed by atoms with Crippen LogP contribution in [0.3, 0.4) is 0 Å². The van der Waals surface area contributed by atoms with Crippen molar-refractivity contribution in [3.8, 4) is 0 Å². The van der Waals surface area contributed by atoms with E-state index in [1.54, 1.807) is 12.3 Å². The molecule has 1 atom stereocenters. The minimum absolute atomic E-state index is 0.371. The van der Waals surface area contributed by atoms with Crippen LogP contribution in [0.1, 0.15) is 23.7 Å². The molecule has 5 nitrogen and oxygen atoms in total. The molecule has 1 amide bonds. The molecule has 1 aromatic rings. The van der Waals surface area contributed by atoms with Gasteiger partial charge in [-0.1, -0.05) is 0 Å². The first-order valence-corrected chi connectivity index (χ1v) is 4.80. The van der Waals surface area contributed by atoms with Gasteiger partial charge in [-0.3, -0.25) is 4.79 Å². The highest BCUT2D eigenvalue weighted by atomic mass is 32.1. The third-order valence-electron chi connectivity index (χ3n) is 1.53. The Morgan fingerprint density at radius 2 is 2.29 bits per heavy atom. The van der Waals surface area contributed by atoms with Crippen molar-refractivity contribution in [2.45, 2.75) is 19.9 Å². The van der Waals surface area contributed by atoms with Gasteiger partial charge < -0.3 is 10.4 Å². The van der Waals surface area contributed by atoms with E-state index in [0.717, 1.165) is 5.01 Å². The van der Waals surface area contributed by atoms with Crippen LogP contribution in [0.4, 0.5) is 0 Å². The van der Waals surface area contributed by atoms with E-state index in [9.17, 15) is 9.59 Å². The Kier molecular flexibility index (Phi) is 3.19. The summed E-state index contributed by atoms with van der Waals surface area (Å²) < 4.78 is 0. The molecule has 1 aromatic heterocycles. The summed E-state index contributed by atoms with van der Waals surface area (Å²) >= 11 is 1.35. The Bertz CT molecular complexity index is 361. The quantitative estimate of drug-likeness (QED) is 0.776. The first-order valence-electron chi connectivity index (χ1n) is 3.92. The predicted molar refractivity (Wildman–Crippen MR) is 51.0 cm³/mol. The van der Waals surface area contributed by atoms with E-state index in [0.29, 0.717) is 5.69 Å². The van der Waals surface area contributed by atoms with E-state index in [-0.39, 0.29) is 5.91 Å². The topological polar surface area (TPSA) is 79.3 Å². The number of carboxylic acid groups (broad SMARTS) is 1. The number of thiazole rings is 1. The fourth-order valence-electron chi connectivity index (χ4n) is 0.978. The third kappa shape index (κ3) is 2.53. The molecular formula is C8H10N2O3S. The van der Waals surface area contributed by atoms with Crippen LogP contribution in [0, 0.1) is 6.92 Å². The van der Waals surface area contributed by atoms with E-state index in [1.165, 1.54) is 18.3 Å². The van der Waals surface area contributed by atoms with Gasteiger partial charge in [-0.2, -0.15) is 0 Å². The van der Waals surface area contributed by atoms with Crippen LogP contribution in [-0.4, -0.2) is 22.0 Å². The summed E-state index contributed by atoms with van der Waals surface area (Å²) in [4.78, 5) is 25.5. The number of nitrogens with one attached hydrogen (secondary N) is 1. The number of aromatic nitrogens is 1. The van der Waals surface area contributed by atoms with Crippen LogP contribution in [-0.2, 0) is 9.59 Å². The van der Waals surface area contributed by atoms with E-state index in [4.69, 9.17) is 5.11 Å². The highest BCUT2D eigenvalue weighted by molar-refractivity contribution is 7.09.